The summed E-state index contributed by atoms with van der Waals surface area (Å²) < 4.78 is 0.898. The number of imide groups is 1. The average molecular weight is 423 g/mol. The van der Waals surface area contributed by atoms with Crippen LogP contribution >= 0.6 is 27.7 Å². The predicted octanol–water partition coefficient (Wildman–Crippen LogP) is 3.89. The molecule has 5 nitrogen and oxygen atoms in total. The van der Waals surface area contributed by atoms with Crippen molar-refractivity contribution in [2.45, 2.75) is 32.2 Å². The van der Waals surface area contributed by atoms with Gasteiger partial charge in [0.25, 0.3) is 11.1 Å². The Balaban J connectivity index is 1.72. The molecule has 3 rings (SSSR count). The van der Waals surface area contributed by atoms with Crippen LogP contribution in [0.15, 0.2) is 33.6 Å². The number of likely N-dealkylation sites (tertiary alicyclic amines) is 1. The van der Waals surface area contributed by atoms with E-state index in [1.54, 1.807) is 11.0 Å². The van der Waals surface area contributed by atoms with Gasteiger partial charge in [-0.1, -0.05) is 28.1 Å². The summed E-state index contributed by atoms with van der Waals surface area (Å²) in [6.45, 7) is 2.53. The Labute approximate surface area is 159 Å². The van der Waals surface area contributed by atoms with Crippen molar-refractivity contribution in [3.8, 4) is 0 Å². The van der Waals surface area contributed by atoms with Gasteiger partial charge in [0.05, 0.1) is 4.91 Å². The second-order valence-electron chi connectivity index (χ2n) is 6.25. The first-order valence-corrected chi connectivity index (χ1v) is 9.87. The third kappa shape index (κ3) is 4.15. The lowest BCUT2D eigenvalue weighted by molar-refractivity contribution is -0.138. The summed E-state index contributed by atoms with van der Waals surface area (Å²) in [5, 5.41) is -0.385. The van der Waals surface area contributed by atoms with Crippen LogP contribution in [0.1, 0.15) is 31.7 Å². The largest absolute Gasteiger partial charge is 0.338 e. The summed E-state index contributed by atoms with van der Waals surface area (Å²) in [7, 11) is 0. The molecule has 0 aliphatic carbocycles. The summed E-state index contributed by atoms with van der Waals surface area (Å²) in [5.74, 6) is -0.550. The fourth-order valence-corrected chi connectivity index (χ4v) is 4.33. The van der Waals surface area contributed by atoms with Crippen LogP contribution < -0.4 is 0 Å². The van der Waals surface area contributed by atoms with Gasteiger partial charge < -0.3 is 4.90 Å². The van der Waals surface area contributed by atoms with Gasteiger partial charge in [-0.05, 0) is 61.7 Å². The maximum absolute atomic E-state index is 12.5. The van der Waals surface area contributed by atoms with E-state index < -0.39 is 5.91 Å². The van der Waals surface area contributed by atoms with Crippen molar-refractivity contribution < 1.29 is 14.4 Å². The Kier molecular flexibility index (Phi) is 5.64. The zero-order valence-electron chi connectivity index (χ0n) is 13.9. The molecule has 0 aromatic heterocycles. The van der Waals surface area contributed by atoms with Crippen LogP contribution in [0.2, 0.25) is 0 Å². The lowest BCUT2D eigenvalue weighted by Gasteiger charge is -2.34. The summed E-state index contributed by atoms with van der Waals surface area (Å²) in [6, 6.07) is 7.65. The third-order valence-electron chi connectivity index (χ3n) is 4.44. The minimum absolute atomic E-state index is 0.154. The molecule has 1 aromatic rings. The van der Waals surface area contributed by atoms with Crippen molar-refractivity contribution in [1.82, 2.24) is 9.80 Å². The first-order chi connectivity index (χ1) is 12.0. The number of thioether (sulfide) groups is 1. The summed E-state index contributed by atoms with van der Waals surface area (Å²) in [6.07, 6.45) is 4.74. The molecule has 7 heteroatoms. The van der Waals surface area contributed by atoms with E-state index in [4.69, 9.17) is 0 Å². The monoisotopic (exact) mass is 422 g/mol. The molecule has 25 heavy (non-hydrogen) atoms. The second-order valence-corrected chi connectivity index (χ2v) is 8.16. The number of nitrogens with zero attached hydrogens (tertiary/aromatic N) is 2. The van der Waals surface area contributed by atoms with E-state index in [2.05, 4.69) is 15.9 Å². The molecular weight excluding hydrogens is 404 g/mol. The van der Waals surface area contributed by atoms with E-state index in [1.165, 1.54) is 0 Å². The van der Waals surface area contributed by atoms with Crippen LogP contribution in [0, 0.1) is 0 Å². The fraction of sp³-hybridized carbons (Fsp3) is 0.389. The minimum Gasteiger partial charge on any atom is -0.338 e. The number of amides is 3. The average Bonchev–Trinajstić information content (AvgIpc) is 2.83. The number of halogens is 1. The van der Waals surface area contributed by atoms with E-state index in [-0.39, 0.29) is 23.7 Å². The van der Waals surface area contributed by atoms with Gasteiger partial charge in [0.15, 0.2) is 0 Å². The number of carbonyl (C=O) groups excluding carboxylic acids is 3. The molecule has 2 saturated heterocycles. The van der Waals surface area contributed by atoms with Gasteiger partial charge in [-0.2, -0.15) is 0 Å². The molecule has 2 heterocycles. The van der Waals surface area contributed by atoms with Gasteiger partial charge in [-0.3, -0.25) is 19.3 Å². The van der Waals surface area contributed by atoms with Gasteiger partial charge in [0.1, 0.15) is 6.54 Å². The van der Waals surface area contributed by atoms with Gasteiger partial charge in [0, 0.05) is 17.1 Å². The van der Waals surface area contributed by atoms with Crippen molar-refractivity contribution in [3.63, 3.8) is 0 Å². The highest BCUT2D eigenvalue weighted by Crippen LogP contribution is 2.32. The molecule has 1 atom stereocenters. The number of carbonyl (C=O) groups is 3. The van der Waals surface area contributed by atoms with Gasteiger partial charge in [0.2, 0.25) is 5.91 Å². The van der Waals surface area contributed by atoms with Crippen LogP contribution in [-0.2, 0) is 9.59 Å². The Hall–Kier alpha value is -1.60. The number of hydrogen-bond donors (Lipinski definition) is 0. The highest BCUT2D eigenvalue weighted by Gasteiger charge is 2.37. The first-order valence-electron chi connectivity index (χ1n) is 8.26. The van der Waals surface area contributed by atoms with Gasteiger partial charge >= 0.3 is 0 Å². The van der Waals surface area contributed by atoms with Crippen LogP contribution in [0.25, 0.3) is 6.08 Å². The Bertz CT molecular complexity index is 750. The number of piperidine rings is 1. The first kappa shape index (κ1) is 18.2. The summed E-state index contributed by atoms with van der Waals surface area (Å²) >= 11 is 4.27. The topological polar surface area (TPSA) is 57.7 Å². The van der Waals surface area contributed by atoms with Crippen molar-refractivity contribution in [2.75, 3.05) is 13.1 Å². The lowest BCUT2D eigenvalue weighted by Crippen LogP contribution is -2.47. The summed E-state index contributed by atoms with van der Waals surface area (Å²) in [4.78, 5) is 40.4. The van der Waals surface area contributed by atoms with Crippen LogP contribution in [0.4, 0.5) is 4.79 Å². The molecule has 1 aromatic carbocycles. The molecular formula is C18H19BrN2O3S. The van der Waals surface area contributed by atoms with E-state index in [0.29, 0.717) is 11.4 Å². The van der Waals surface area contributed by atoms with Crippen molar-refractivity contribution in [2.24, 2.45) is 0 Å². The fourth-order valence-electron chi connectivity index (χ4n) is 3.08. The molecule has 0 bridgehead atoms. The molecule has 0 spiro atoms. The van der Waals surface area contributed by atoms with E-state index >= 15 is 0 Å². The smallest absolute Gasteiger partial charge is 0.294 e. The molecule has 0 unspecified atom stereocenters. The SMILES string of the molecule is C[C@H]1CCCCN1C(=O)CN1C(=O)S/C(=C\c2cccc(Br)c2)C1=O. The van der Waals surface area contributed by atoms with Crippen molar-refractivity contribution in [3.05, 3.63) is 39.2 Å². The lowest BCUT2D eigenvalue weighted by atomic mass is 10.0. The molecule has 2 aliphatic heterocycles. The normalized spacial score (nSPS) is 22.8. The molecule has 0 saturated carbocycles. The standard InChI is InChI=1S/C18H19BrN2O3S/c1-12-5-2-3-8-20(12)16(22)11-21-17(23)15(25-18(21)24)10-13-6-4-7-14(19)9-13/h4,6-7,9-10,12H,2-3,5,8,11H2,1H3/b15-10-/t12-/m0/s1. The zero-order valence-corrected chi connectivity index (χ0v) is 16.3. The number of hydrogen-bond acceptors (Lipinski definition) is 4. The zero-order chi connectivity index (χ0) is 18.0. The molecule has 132 valence electrons. The van der Waals surface area contributed by atoms with Crippen LogP contribution in [0.5, 0.6) is 0 Å². The highest BCUT2D eigenvalue weighted by atomic mass is 79.9. The Morgan fingerprint density at radius 1 is 1.36 bits per heavy atom. The minimum atomic E-state index is -0.395. The third-order valence-corrected chi connectivity index (χ3v) is 5.84. The molecule has 2 fully saturated rings. The molecule has 0 N–H and O–H groups in total. The summed E-state index contributed by atoms with van der Waals surface area (Å²) in [5.41, 5.74) is 0.829. The van der Waals surface area contributed by atoms with Crippen LogP contribution in [-0.4, -0.2) is 46.0 Å². The predicted molar refractivity (Wildman–Crippen MR) is 102 cm³/mol. The number of rotatable bonds is 3. The second kappa shape index (κ2) is 7.74. The Morgan fingerprint density at radius 2 is 2.16 bits per heavy atom. The van der Waals surface area contributed by atoms with Crippen LogP contribution in [0.3, 0.4) is 0 Å². The van der Waals surface area contributed by atoms with Gasteiger partial charge in [-0.25, -0.2) is 0 Å². The van der Waals surface area contributed by atoms with Gasteiger partial charge in [-0.15, -0.1) is 0 Å². The molecule has 0 radical (unpaired) electrons. The molecule has 2 aliphatic rings. The van der Waals surface area contributed by atoms with E-state index in [0.717, 1.165) is 46.0 Å². The van der Waals surface area contributed by atoms with E-state index in [9.17, 15) is 14.4 Å². The number of benzene rings is 1. The van der Waals surface area contributed by atoms with E-state index in [1.807, 2.05) is 31.2 Å². The quantitative estimate of drug-likeness (QED) is 0.693. The Morgan fingerprint density at radius 3 is 2.88 bits per heavy atom. The van der Waals surface area contributed by atoms with Crippen molar-refractivity contribution >= 4 is 50.8 Å². The maximum atomic E-state index is 12.5. The molecule has 3 amide bonds. The highest BCUT2D eigenvalue weighted by molar-refractivity contribution is 9.10. The van der Waals surface area contributed by atoms with Crippen molar-refractivity contribution in [1.29, 1.82) is 0 Å². The maximum Gasteiger partial charge on any atom is 0.294 e.